The van der Waals surface area contributed by atoms with Crippen LogP contribution in [0.1, 0.15) is 39.2 Å². The minimum absolute atomic E-state index is 0.148. The van der Waals surface area contributed by atoms with Gasteiger partial charge in [-0.2, -0.15) is 0 Å². The average Bonchev–Trinajstić information content (AvgIpc) is 2.35. The smallest absolute Gasteiger partial charge is 0.308 e. The van der Waals surface area contributed by atoms with Crippen molar-refractivity contribution < 1.29 is 14.7 Å². The zero-order chi connectivity index (χ0) is 14.6. The van der Waals surface area contributed by atoms with Crippen LogP contribution in [0.5, 0.6) is 0 Å². The van der Waals surface area contributed by atoms with Gasteiger partial charge >= 0.3 is 5.97 Å². The average molecular weight is 263 g/mol. The molecule has 1 unspecified atom stereocenters. The van der Waals surface area contributed by atoms with E-state index in [1.807, 2.05) is 24.3 Å². The number of aliphatic carboxylic acids is 1. The SMILES string of the molecule is CC(=O)N(CC(C)C(=O)O)c1ccc(C(C)C)cc1. The topological polar surface area (TPSA) is 57.6 Å². The van der Waals surface area contributed by atoms with Crippen LogP contribution in [-0.2, 0) is 9.59 Å². The number of rotatable bonds is 5. The van der Waals surface area contributed by atoms with Gasteiger partial charge in [0.25, 0.3) is 0 Å². The van der Waals surface area contributed by atoms with Crippen LogP contribution in [-0.4, -0.2) is 23.5 Å². The third kappa shape index (κ3) is 4.09. The van der Waals surface area contributed by atoms with Gasteiger partial charge in [-0.25, -0.2) is 0 Å². The van der Waals surface area contributed by atoms with Crippen molar-refractivity contribution in [2.24, 2.45) is 5.92 Å². The van der Waals surface area contributed by atoms with E-state index in [1.165, 1.54) is 17.4 Å². The van der Waals surface area contributed by atoms with E-state index in [0.717, 1.165) is 5.69 Å². The number of carbonyl (C=O) groups is 2. The van der Waals surface area contributed by atoms with Crippen molar-refractivity contribution in [2.75, 3.05) is 11.4 Å². The first-order valence-corrected chi connectivity index (χ1v) is 6.43. The van der Waals surface area contributed by atoms with Crippen LogP contribution in [0.3, 0.4) is 0 Å². The Kier molecular flexibility index (Phi) is 5.10. The fourth-order valence-corrected chi connectivity index (χ4v) is 1.81. The molecule has 0 radical (unpaired) electrons. The molecule has 1 atom stereocenters. The second kappa shape index (κ2) is 6.36. The normalized spacial score (nSPS) is 12.3. The van der Waals surface area contributed by atoms with E-state index < -0.39 is 11.9 Å². The summed E-state index contributed by atoms with van der Waals surface area (Å²) >= 11 is 0. The molecule has 0 fully saturated rings. The van der Waals surface area contributed by atoms with E-state index in [-0.39, 0.29) is 12.5 Å². The fraction of sp³-hybridized carbons (Fsp3) is 0.467. The van der Waals surface area contributed by atoms with Crippen LogP contribution in [0.4, 0.5) is 5.69 Å². The second-order valence-corrected chi connectivity index (χ2v) is 5.12. The number of carboxylic acid groups (broad SMARTS) is 1. The molecule has 1 N–H and O–H groups in total. The third-order valence-electron chi connectivity index (χ3n) is 3.13. The Morgan fingerprint density at radius 2 is 1.68 bits per heavy atom. The van der Waals surface area contributed by atoms with Crippen LogP contribution in [0.25, 0.3) is 0 Å². The second-order valence-electron chi connectivity index (χ2n) is 5.12. The molecule has 0 aromatic heterocycles. The minimum atomic E-state index is -0.898. The molecule has 0 aliphatic heterocycles. The van der Waals surface area contributed by atoms with Crippen LogP contribution < -0.4 is 4.90 Å². The summed E-state index contributed by atoms with van der Waals surface area (Å²) in [6.07, 6.45) is 0. The maximum Gasteiger partial charge on any atom is 0.308 e. The molecule has 0 heterocycles. The van der Waals surface area contributed by atoms with Gasteiger partial charge in [0.15, 0.2) is 0 Å². The van der Waals surface area contributed by atoms with Crippen molar-refractivity contribution in [1.29, 1.82) is 0 Å². The third-order valence-corrected chi connectivity index (χ3v) is 3.13. The summed E-state index contributed by atoms with van der Waals surface area (Å²) in [7, 11) is 0. The molecule has 1 aromatic carbocycles. The van der Waals surface area contributed by atoms with Gasteiger partial charge in [0.1, 0.15) is 0 Å². The van der Waals surface area contributed by atoms with Crippen molar-refractivity contribution in [1.82, 2.24) is 0 Å². The lowest BCUT2D eigenvalue weighted by Crippen LogP contribution is -2.35. The van der Waals surface area contributed by atoms with E-state index in [9.17, 15) is 9.59 Å². The summed E-state index contributed by atoms with van der Waals surface area (Å²) in [5.74, 6) is -1.21. The fourth-order valence-electron chi connectivity index (χ4n) is 1.81. The maximum atomic E-state index is 11.7. The monoisotopic (exact) mass is 263 g/mol. The largest absolute Gasteiger partial charge is 0.481 e. The van der Waals surface area contributed by atoms with Crippen LogP contribution in [0.15, 0.2) is 24.3 Å². The number of carbonyl (C=O) groups excluding carboxylic acids is 1. The van der Waals surface area contributed by atoms with Crippen molar-refractivity contribution in [2.45, 2.75) is 33.6 Å². The lowest BCUT2D eigenvalue weighted by atomic mass is 10.0. The molecular weight excluding hydrogens is 242 g/mol. The number of hydrogen-bond acceptors (Lipinski definition) is 2. The molecule has 4 heteroatoms. The molecule has 0 aliphatic carbocycles. The van der Waals surface area contributed by atoms with Gasteiger partial charge in [-0.05, 0) is 23.6 Å². The zero-order valence-electron chi connectivity index (χ0n) is 11.9. The molecule has 0 bridgehead atoms. The molecule has 1 rings (SSSR count). The van der Waals surface area contributed by atoms with Gasteiger partial charge in [0.2, 0.25) is 5.91 Å². The highest BCUT2D eigenvalue weighted by atomic mass is 16.4. The summed E-state index contributed by atoms with van der Waals surface area (Å²) in [5, 5.41) is 8.94. The molecule has 1 aromatic rings. The first-order valence-electron chi connectivity index (χ1n) is 6.43. The minimum Gasteiger partial charge on any atom is -0.481 e. The van der Waals surface area contributed by atoms with Gasteiger partial charge in [0, 0.05) is 19.2 Å². The van der Waals surface area contributed by atoms with Gasteiger partial charge in [-0.1, -0.05) is 32.9 Å². The Hall–Kier alpha value is -1.84. The van der Waals surface area contributed by atoms with E-state index in [1.54, 1.807) is 6.92 Å². The quantitative estimate of drug-likeness (QED) is 0.888. The molecule has 0 spiro atoms. The van der Waals surface area contributed by atoms with Gasteiger partial charge in [-0.15, -0.1) is 0 Å². The number of amides is 1. The van der Waals surface area contributed by atoms with Gasteiger partial charge in [0.05, 0.1) is 5.92 Å². The molecule has 104 valence electrons. The molecule has 19 heavy (non-hydrogen) atoms. The summed E-state index contributed by atoms with van der Waals surface area (Å²) in [4.78, 5) is 24.1. The summed E-state index contributed by atoms with van der Waals surface area (Å²) in [6, 6.07) is 7.68. The van der Waals surface area contributed by atoms with Gasteiger partial charge in [-0.3, -0.25) is 9.59 Å². The number of carboxylic acids is 1. The maximum absolute atomic E-state index is 11.7. The first-order chi connectivity index (χ1) is 8.82. The van der Waals surface area contributed by atoms with Crippen LogP contribution in [0.2, 0.25) is 0 Å². The number of anilines is 1. The van der Waals surface area contributed by atoms with Crippen molar-refractivity contribution >= 4 is 17.6 Å². The van der Waals surface area contributed by atoms with E-state index >= 15 is 0 Å². The van der Waals surface area contributed by atoms with Crippen molar-refractivity contribution in [3.63, 3.8) is 0 Å². The molecule has 1 amide bonds. The summed E-state index contributed by atoms with van der Waals surface area (Å²) < 4.78 is 0. The molecule has 0 aliphatic rings. The Morgan fingerprint density at radius 1 is 1.16 bits per heavy atom. The Balaban J connectivity index is 2.93. The highest BCUT2D eigenvalue weighted by molar-refractivity contribution is 5.92. The zero-order valence-corrected chi connectivity index (χ0v) is 11.9. The highest BCUT2D eigenvalue weighted by Crippen LogP contribution is 2.21. The highest BCUT2D eigenvalue weighted by Gasteiger charge is 2.19. The Labute approximate surface area is 114 Å². The number of nitrogens with zero attached hydrogens (tertiary/aromatic N) is 1. The van der Waals surface area contributed by atoms with E-state index in [0.29, 0.717) is 5.92 Å². The van der Waals surface area contributed by atoms with Crippen molar-refractivity contribution in [3.05, 3.63) is 29.8 Å². The van der Waals surface area contributed by atoms with E-state index in [2.05, 4.69) is 13.8 Å². The predicted octanol–water partition coefficient (Wildman–Crippen LogP) is 2.88. The summed E-state index contributed by atoms with van der Waals surface area (Å²) in [5.41, 5.74) is 1.93. The predicted molar refractivity (Wildman–Crippen MR) is 75.4 cm³/mol. The van der Waals surface area contributed by atoms with Gasteiger partial charge < -0.3 is 10.0 Å². The Morgan fingerprint density at radius 3 is 2.05 bits per heavy atom. The summed E-state index contributed by atoms with van der Waals surface area (Å²) in [6.45, 7) is 7.44. The molecule has 4 nitrogen and oxygen atoms in total. The Bertz CT molecular complexity index is 451. The standard InChI is InChI=1S/C15H21NO3/c1-10(2)13-5-7-14(8-6-13)16(12(4)17)9-11(3)15(18)19/h5-8,10-11H,9H2,1-4H3,(H,18,19). The first kappa shape index (κ1) is 15.2. The van der Waals surface area contributed by atoms with Crippen LogP contribution >= 0.6 is 0 Å². The lowest BCUT2D eigenvalue weighted by Gasteiger charge is -2.23. The number of benzene rings is 1. The lowest BCUT2D eigenvalue weighted by molar-refractivity contribution is -0.140. The molecule has 0 saturated heterocycles. The van der Waals surface area contributed by atoms with E-state index in [4.69, 9.17) is 5.11 Å². The van der Waals surface area contributed by atoms with Crippen LogP contribution in [0, 0.1) is 5.92 Å². The molecular formula is C15H21NO3. The molecule has 0 saturated carbocycles. The van der Waals surface area contributed by atoms with Crippen molar-refractivity contribution in [3.8, 4) is 0 Å². The number of hydrogen-bond donors (Lipinski definition) is 1.